The van der Waals surface area contributed by atoms with Crippen molar-refractivity contribution in [3.8, 4) is 0 Å². The van der Waals surface area contributed by atoms with E-state index in [0.29, 0.717) is 0 Å². The predicted octanol–water partition coefficient (Wildman–Crippen LogP) is 2.96. The van der Waals surface area contributed by atoms with Crippen molar-refractivity contribution in [1.29, 1.82) is 0 Å². The van der Waals surface area contributed by atoms with Gasteiger partial charge in [-0.3, -0.25) is 0 Å². The van der Waals surface area contributed by atoms with Crippen LogP contribution in [0.5, 0.6) is 0 Å². The van der Waals surface area contributed by atoms with Gasteiger partial charge in [0.25, 0.3) is 0 Å². The molecule has 0 aliphatic carbocycles. The van der Waals surface area contributed by atoms with Gasteiger partial charge >= 0.3 is 12.4 Å². The first-order chi connectivity index (χ1) is 5.12. The smallest absolute Gasteiger partial charge is 0.170 e. The van der Waals surface area contributed by atoms with Crippen LogP contribution in [0.4, 0.5) is 26.3 Å². The van der Waals surface area contributed by atoms with E-state index in [0.717, 1.165) is 0 Å². The Balaban J connectivity index is 0. The van der Waals surface area contributed by atoms with Gasteiger partial charge < -0.3 is 0 Å². The van der Waals surface area contributed by atoms with Crippen molar-refractivity contribution in [2.45, 2.75) is 12.4 Å². The third kappa shape index (κ3) is 22.4. The first-order valence-electron chi connectivity index (χ1n) is 2.47. The molecule has 0 atom stereocenters. The maximum atomic E-state index is 10.7. The summed E-state index contributed by atoms with van der Waals surface area (Å²) >= 11 is 5.95. The van der Waals surface area contributed by atoms with Crippen LogP contribution in [0.3, 0.4) is 0 Å². The monoisotopic (exact) mass is 232 g/mol. The molecule has 12 heavy (non-hydrogen) atoms. The summed E-state index contributed by atoms with van der Waals surface area (Å²) in [6, 6.07) is 0. The van der Waals surface area contributed by atoms with E-state index < -0.39 is 23.9 Å². The molecule has 0 aromatic rings. The second-order valence-electron chi connectivity index (χ2n) is 1.55. The zero-order valence-corrected chi connectivity index (χ0v) is 7.37. The van der Waals surface area contributed by atoms with Crippen LogP contribution in [0, 0.1) is 0 Å². The first kappa shape index (κ1) is 14.8. The molecule has 0 heterocycles. The lowest BCUT2D eigenvalue weighted by atomic mass is 10.8. The van der Waals surface area contributed by atoms with Gasteiger partial charge in [0.2, 0.25) is 0 Å². The molecule has 0 spiro atoms. The molecular weight excluding hydrogens is 226 g/mol. The van der Waals surface area contributed by atoms with Gasteiger partial charge in [0.1, 0.15) is 0 Å². The van der Waals surface area contributed by atoms with E-state index in [1.807, 2.05) is 0 Å². The fourth-order valence-electron chi connectivity index (χ4n) is 0. The highest BCUT2D eigenvalue weighted by molar-refractivity contribution is 7.80. The Morgan fingerprint density at radius 3 is 0.750 bits per heavy atom. The first-order valence-corrected chi connectivity index (χ1v) is 3.74. The summed E-state index contributed by atoms with van der Waals surface area (Å²) in [7, 11) is 0. The molecule has 8 heteroatoms. The van der Waals surface area contributed by atoms with Crippen molar-refractivity contribution in [2.75, 3.05) is 11.5 Å². The van der Waals surface area contributed by atoms with E-state index in [4.69, 9.17) is 0 Å². The Kier molecular flexibility index (Phi) is 7.20. The van der Waals surface area contributed by atoms with Crippen molar-refractivity contribution >= 4 is 25.3 Å². The van der Waals surface area contributed by atoms with Crippen molar-refractivity contribution < 1.29 is 26.3 Å². The molecule has 0 N–H and O–H groups in total. The largest absolute Gasteiger partial charge is 0.397 e. The molecule has 0 amide bonds. The van der Waals surface area contributed by atoms with E-state index >= 15 is 0 Å². The third-order valence-electron chi connectivity index (χ3n) is 0.359. The van der Waals surface area contributed by atoms with Crippen LogP contribution in [-0.2, 0) is 0 Å². The fraction of sp³-hybridized carbons (Fsp3) is 1.00. The molecule has 0 aromatic heterocycles. The van der Waals surface area contributed by atoms with Crippen LogP contribution in [0.15, 0.2) is 0 Å². The maximum absolute atomic E-state index is 10.7. The summed E-state index contributed by atoms with van der Waals surface area (Å²) in [5.41, 5.74) is 0. The average Bonchev–Trinajstić information content (AvgIpc) is 1.86. The van der Waals surface area contributed by atoms with Crippen LogP contribution in [-0.4, -0.2) is 23.9 Å². The average molecular weight is 232 g/mol. The molecule has 0 saturated heterocycles. The quantitative estimate of drug-likeness (QED) is 0.465. The molecule has 0 radical (unpaired) electrons. The van der Waals surface area contributed by atoms with Gasteiger partial charge in [-0.05, 0) is 0 Å². The Morgan fingerprint density at radius 1 is 0.667 bits per heavy atom. The Bertz CT molecular complexity index is 91.1. The SMILES string of the molecule is FC(F)(F)CS.FC(F)(F)CS. The van der Waals surface area contributed by atoms with Gasteiger partial charge in [-0.2, -0.15) is 51.6 Å². The van der Waals surface area contributed by atoms with Gasteiger partial charge in [0.15, 0.2) is 0 Å². The van der Waals surface area contributed by atoms with Crippen LogP contribution < -0.4 is 0 Å². The van der Waals surface area contributed by atoms with Gasteiger partial charge in [-0.1, -0.05) is 0 Å². The molecule has 76 valence electrons. The lowest BCUT2D eigenvalue weighted by molar-refractivity contribution is -0.105. The van der Waals surface area contributed by atoms with Gasteiger partial charge in [-0.25, -0.2) is 0 Å². The predicted molar refractivity (Wildman–Crippen MR) is 39.8 cm³/mol. The molecular formula is C4H6F6S2. The second-order valence-corrected chi connectivity index (χ2v) is 2.18. The number of halogens is 6. The molecule has 0 unspecified atom stereocenters. The number of alkyl halides is 6. The van der Waals surface area contributed by atoms with E-state index in [-0.39, 0.29) is 0 Å². The second kappa shape index (κ2) is 5.85. The molecule has 0 bridgehead atoms. The van der Waals surface area contributed by atoms with Crippen LogP contribution in [0.1, 0.15) is 0 Å². The summed E-state index contributed by atoms with van der Waals surface area (Å²) in [4.78, 5) is 0. The summed E-state index contributed by atoms with van der Waals surface area (Å²) in [6.45, 7) is 0. The highest BCUT2D eigenvalue weighted by Crippen LogP contribution is 2.15. The zero-order chi connectivity index (χ0) is 10.4. The summed E-state index contributed by atoms with van der Waals surface area (Å²) in [5, 5.41) is 0. The third-order valence-corrected chi connectivity index (χ3v) is 1.08. The summed E-state index contributed by atoms with van der Waals surface area (Å²) < 4.78 is 64.2. The van der Waals surface area contributed by atoms with E-state index in [2.05, 4.69) is 25.3 Å². The molecule has 0 saturated carbocycles. The Hall–Kier alpha value is 0.280. The van der Waals surface area contributed by atoms with E-state index in [1.54, 1.807) is 0 Å². The Labute approximate surface area is 76.1 Å². The molecule has 0 aliphatic heterocycles. The van der Waals surface area contributed by atoms with Crippen LogP contribution in [0.2, 0.25) is 0 Å². The van der Waals surface area contributed by atoms with Gasteiger partial charge in [0, 0.05) is 0 Å². The van der Waals surface area contributed by atoms with Gasteiger partial charge in [0.05, 0.1) is 11.5 Å². The van der Waals surface area contributed by atoms with E-state index in [1.165, 1.54) is 0 Å². The van der Waals surface area contributed by atoms with Crippen molar-refractivity contribution in [3.05, 3.63) is 0 Å². The molecule has 0 nitrogen and oxygen atoms in total. The molecule has 0 rings (SSSR count). The minimum absolute atomic E-state index is 1.03. The van der Waals surface area contributed by atoms with Crippen molar-refractivity contribution in [1.82, 2.24) is 0 Å². The minimum atomic E-state index is -4.09. The van der Waals surface area contributed by atoms with Crippen LogP contribution >= 0.6 is 25.3 Å². The standard InChI is InChI=1S/2C2H3F3S/c2*3-2(4,5)1-6/h2*6H,1H2. The number of hydrogen-bond acceptors (Lipinski definition) is 2. The summed E-state index contributed by atoms with van der Waals surface area (Å²) in [6.07, 6.45) is -8.19. The normalized spacial score (nSPS) is 12.0. The molecule has 0 aliphatic rings. The summed E-state index contributed by atoms with van der Waals surface area (Å²) in [5.74, 6) is -2.07. The number of hydrogen-bond donors (Lipinski definition) is 2. The lowest BCUT2D eigenvalue weighted by Crippen LogP contribution is -2.07. The number of thiol groups is 2. The van der Waals surface area contributed by atoms with Crippen molar-refractivity contribution in [3.63, 3.8) is 0 Å². The highest BCUT2D eigenvalue weighted by atomic mass is 32.1. The molecule has 0 fully saturated rings. The van der Waals surface area contributed by atoms with Gasteiger partial charge in [-0.15, -0.1) is 0 Å². The topological polar surface area (TPSA) is 0 Å². The van der Waals surface area contributed by atoms with E-state index in [9.17, 15) is 26.3 Å². The zero-order valence-electron chi connectivity index (χ0n) is 5.58. The lowest BCUT2D eigenvalue weighted by Gasteiger charge is -1.96. The van der Waals surface area contributed by atoms with Crippen molar-refractivity contribution in [2.24, 2.45) is 0 Å². The Morgan fingerprint density at radius 2 is 0.750 bits per heavy atom. The maximum Gasteiger partial charge on any atom is 0.397 e. The minimum Gasteiger partial charge on any atom is -0.170 e. The molecule has 0 aromatic carbocycles. The highest BCUT2D eigenvalue weighted by Gasteiger charge is 2.23. The fourth-order valence-corrected chi connectivity index (χ4v) is 0. The van der Waals surface area contributed by atoms with Crippen LogP contribution in [0.25, 0.3) is 0 Å². The number of rotatable bonds is 0.